The Balaban J connectivity index is 2.52. The van der Waals surface area contributed by atoms with Crippen molar-refractivity contribution in [1.82, 2.24) is 5.32 Å². The summed E-state index contributed by atoms with van der Waals surface area (Å²) in [6.45, 7) is 4.75. The van der Waals surface area contributed by atoms with E-state index < -0.39 is 10.3 Å². The number of rotatable bonds is 7. The van der Waals surface area contributed by atoms with Gasteiger partial charge >= 0.3 is 0 Å². The maximum atomic E-state index is 10.9. The predicted molar refractivity (Wildman–Crippen MR) is 76.6 cm³/mol. The zero-order chi connectivity index (χ0) is 15.2. The summed E-state index contributed by atoms with van der Waals surface area (Å²) < 4.78 is 0. The third kappa shape index (κ3) is 4.20. The second kappa shape index (κ2) is 6.85. The number of nitrogens with zero attached hydrogens (tertiary/aromatic N) is 2. The largest absolute Gasteiger partial charge is 0.409 e. The van der Waals surface area contributed by atoms with Crippen molar-refractivity contribution in [3.63, 3.8) is 0 Å². The molecule has 0 spiro atoms. The Morgan fingerprint density at radius 3 is 2.75 bits per heavy atom. The molecule has 7 heteroatoms. The van der Waals surface area contributed by atoms with Gasteiger partial charge in [0.15, 0.2) is 0 Å². The maximum absolute atomic E-state index is 10.9. The molecule has 7 nitrogen and oxygen atoms in total. The quantitative estimate of drug-likeness (QED) is 0.176. The minimum Gasteiger partial charge on any atom is -0.409 e. The molecule has 0 saturated heterocycles. The molecule has 0 radical (unpaired) electrons. The number of hydrogen-bond donors (Lipinski definition) is 3. The average molecular weight is 280 g/mol. The number of nitrogens with two attached hydrogens (primary N) is 1. The minimum absolute atomic E-state index is 0.107. The van der Waals surface area contributed by atoms with Crippen molar-refractivity contribution in [3.8, 4) is 0 Å². The first kappa shape index (κ1) is 15.9. The van der Waals surface area contributed by atoms with E-state index in [-0.39, 0.29) is 11.5 Å². The summed E-state index contributed by atoms with van der Waals surface area (Å²) >= 11 is 0. The molecule has 1 rings (SSSR count). The lowest BCUT2D eigenvalue weighted by Crippen LogP contribution is -2.34. The SMILES string of the molecule is CC(C)(CCNCc1ccccc1[N+](=O)[O-])C(N)=NO. The molecular weight excluding hydrogens is 260 g/mol. The van der Waals surface area contributed by atoms with Crippen molar-refractivity contribution >= 4 is 11.5 Å². The number of nitro benzene ring substituents is 1. The molecule has 0 aliphatic carbocycles. The molecule has 0 aliphatic heterocycles. The molecule has 1 aromatic rings. The van der Waals surface area contributed by atoms with Crippen LogP contribution in [0.4, 0.5) is 5.69 Å². The molecule has 4 N–H and O–H groups in total. The van der Waals surface area contributed by atoms with Crippen molar-refractivity contribution in [2.45, 2.75) is 26.8 Å². The Bertz CT molecular complexity index is 500. The van der Waals surface area contributed by atoms with Crippen LogP contribution in [0.25, 0.3) is 0 Å². The van der Waals surface area contributed by atoms with Crippen LogP contribution in [0.3, 0.4) is 0 Å². The first-order valence-corrected chi connectivity index (χ1v) is 6.29. The van der Waals surface area contributed by atoms with Crippen LogP contribution < -0.4 is 11.1 Å². The lowest BCUT2D eigenvalue weighted by atomic mass is 9.88. The molecule has 0 fully saturated rings. The van der Waals surface area contributed by atoms with Gasteiger partial charge in [0.1, 0.15) is 5.84 Å². The molecule has 0 bridgehead atoms. The highest BCUT2D eigenvalue weighted by atomic mass is 16.6. The first-order valence-electron chi connectivity index (χ1n) is 6.29. The average Bonchev–Trinajstić information content (AvgIpc) is 2.42. The van der Waals surface area contributed by atoms with Crippen LogP contribution >= 0.6 is 0 Å². The number of amidine groups is 1. The third-order valence-corrected chi connectivity index (χ3v) is 3.23. The van der Waals surface area contributed by atoms with Gasteiger partial charge in [-0.15, -0.1) is 0 Å². The van der Waals surface area contributed by atoms with Gasteiger partial charge in [-0.2, -0.15) is 0 Å². The number of oxime groups is 1. The molecule has 0 unspecified atom stereocenters. The van der Waals surface area contributed by atoms with E-state index in [4.69, 9.17) is 10.9 Å². The highest BCUT2D eigenvalue weighted by Crippen LogP contribution is 2.20. The molecule has 0 atom stereocenters. The van der Waals surface area contributed by atoms with E-state index in [1.165, 1.54) is 6.07 Å². The number of nitro groups is 1. The number of hydrogen-bond acceptors (Lipinski definition) is 5. The van der Waals surface area contributed by atoms with Gasteiger partial charge in [-0.1, -0.05) is 37.2 Å². The van der Waals surface area contributed by atoms with Crippen LogP contribution in [0.1, 0.15) is 25.8 Å². The Morgan fingerprint density at radius 1 is 1.50 bits per heavy atom. The van der Waals surface area contributed by atoms with Crippen LogP contribution in [-0.4, -0.2) is 22.5 Å². The summed E-state index contributed by atoms with van der Waals surface area (Å²) in [7, 11) is 0. The molecule has 0 saturated carbocycles. The van der Waals surface area contributed by atoms with E-state index in [0.29, 0.717) is 25.1 Å². The summed E-state index contributed by atoms with van der Waals surface area (Å²) in [5.74, 6) is 0.171. The Kier molecular flexibility index (Phi) is 5.45. The van der Waals surface area contributed by atoms with E-state index >= 15 is 0 Å². The highest BCUT2D eigenvalue weighted by molar-refractivity contribution is 5.85. The monoisotopic (exact) mass is 280 g/mol. The summed E-state index contributed by atoms with van der Waals surface area (Å²) in [6.07, 6.45) is 0.656. The van der Waals surface area contributed by atoms with Crippen LogP contribution in [0.5, 0.6) is 0 Å². The molecule has 1 aromatic carbocycles. The number of para-hydroxylation sites is 1. The van der Waals surface area contributed by atoms with Crippen molar-refractivity contribution in [2.24, 2.45) is 16.3 Å². The van der Waals surface area contributed by atoms with Crippen molar-refractivity contribution in [3.05, 3.63) is 39.9 Å². The van der Waals surface area contributed by atoms with E-state index in [9.17, 15) is 10.1 Å². The van der Waals surface area contributed by atoms with Crippen LogP contribution in [-0.2, 0) is 6.54 Å². The topological polar surface area (TPSA) is 114 Å². The fraction of sp³-hybridized carbons (Fsp3) is 0.462. The van der Waals surface area contributed by atoms with E-state index in [1.807, 2.05) is 13.8 Å². The lowest BCUT2D eigenvalue weighted by Gasteiger charge is -2.22. The van der Waals surface area contributed by atoms with E-state index in [1.54, 1.807) is 18.2 Å². The Morgan fingerprint density at radius 2 is 2.15 bits per heavy atom. The summed E-state index contributed by atoms with van der Waals surface area (Å²) in [5, 5.41) is 25.7. The van der Waals surface area contributed by atoms with E-state index in [2.05, 4.69) is 10.5 Å². The van der Waals surface area contributed by atoms with Crippen molar-refractivity contribution < 1.29 is 10.1 Å². The number of benzene rings is 1. The third-order valence-electron chi connectivity index (χ3n) is 3.23. The molecule has 110 valence electrons. The first-order chi connectivity index (χ1) is 9.38. The van der Waals surface area contributed by atoms with Crippen molar-refractivity contribution in [1.29, 1.82) is 0 Å². The van der Waals surface area contributed by atoms with Gasteiger partial charge in [0.25, 0.3) is 5.69 Å². The van der Waals surface area contributed by atoms with Gasteiger partial charge in [-0.05, 0) is 13.0 Å². The fourth-order valence-corrected chi connectivity index (χ4v) is 1.73. The molecular formula is C13H20N4O3. The van der Waals surface area contributed by atoms with Gasteiger partial charge in [-0.3, -0.25) is 10.1 Å². The highest BCUT2D eigenvalue weighted by Gasteiger charge is 2.23. The van der Waals surface area contributed by atoms with Crippen LogP contribution in [0.15, 0.2) is 29.4 Å². The predicted octanol–water partition coefficient (Wildman–Crippen LogP) is 1.85. The molecule has 0 amide bonds. The van der Waals surface area contributed by atoms with Gasteiger partial charge in [0.05, 0.1) is 4.92 Å². The van der Waals surface area contributed by atoms with Gasteiger partial charge < -0.3 is 16.3 Å². The standard InChI is InChI=1S/C13H20N4O3/c1-13(2,12(14)16-18)7-8-15-9-10-5-3-4-6-11(10)17(19)20/h3-6,15,18H,7-9H2,1-2H3,(H2,14,16). The van der Waals surface area contributed by atoms with Crippen molar-refractivity contribution in [2.75, 3.05) is 6.54 Å². The number of nitrogens with one attached hydrogen (secondary N) is 1. The zero-order valence-electron chi connectivity index (χ0n) is 11.7. The van der Waals surface area contributed by atoms with Gasteiger partial charge in [0, 0.05) is 23.6 Å². The zero-order valence-corrected chi connectivity index (χ0v) is 11.7. The Hall–Kier alpha value is -2.15. The minimum atomic E-state index is -0.426. The van der Waals surface area contributed by atoms with Crippen LogP contribution in [0.2, 0.25) is 0 Å². The Labute approximate surface area is 117 Å². The second-order valence-electron chi connectivity index (χ2n) is 5.18. The normalized spacial score (nSPS) is 12.4. The molecule has 0 aromatic heterocycles. The maximum Gasteiger partial charge on any atom is 0.273 e. The van der Waals surface area contributed by atoms with Gasteiger partial charge in [0.2, 0.25) is 0 Å². The summed E-state index contributed by atoms with van der Waals surface area (Å²) in [6, 6.07) is 6.62. The smallest absolute Gasteiger partial charge is 0.273 e. The fourth-order valence-electron chi connectivity index (χ4n) is 1.73. The molecule has 20 heavy (non-hydrogen) atoms. The lowest BCUT2D eigenvalue weighted by molar-refractivity contribution is -0.385. The molecule has 0 heterocycles. The summed E-state index contributed by atoms with van der Waals surface area (Å²) in [4.78, 5) is 10.5. The molecule has 0 aliphatic rings. The van der Waals surface area contributed by atoms with E-state index in [0.717, 1.165) is 0 Å². The second-order valence-corrected chi connectivity index (χ2v) is 5.18. The summed E-state index contributed by atoms with van der Waals surface area (Å²) in [5.41, 5.74) is 5.91. The van der Waals surface area contributed by atoms with Gasteiger partial charge in [-0.25, -0.2) is 0 Å². The van der Waals surface area contributed by atoms with Crippen LogP contribution in [0, 0.1) is 15.5 Å².